The molecule has 2 aliphatic rings. The van der Waals surface area contributed by atoms with E-state index in [1.807, 2.05) is 12.1 Å². The van der Waals surface area contributed by atoms with Crippen LogP contribution < -0.4 is 15.9 Å². The van der Waals surface area contributed by atoms with Gasteiger partial charge in [-0.2, -0.15) is 0 Å². The summed E-state index contributed by atoms with van der Waals surface area (Å²) in [6.07, 6.45) is 3.39. The summed E-state index contributed by atoms with van der Waals surface area (Å²) in [6, 6.07) is 12.8. The van der Waals surface area contributed by atoms with Gasteiger partial charge in [-0.3, -0.25) is 4.90 Å². The zero-order chi connectivity index (χ0) is 19.2. The third-order valence-electron chi connectivity index (χ3n) is 6.09. The second-order valence-electron chi connectivity index (χ2n) is 7.69. The molecule has 4 nitrogen and oxygen atoms in total. The number of halogens is 1. The highest BCUT2D eigenvalue weighted by atomic mass is 31.0. The molecule has 0 saturated heterocycles. The van der Waals surface area contributed by atoms with E-state index in [9.17, 15) is 9.18 Å². The topological polar surface area (TPSA) is 55.6 Å². The van der Waals surface area contributed by atoms with Crippen molar-refractivity contribution in [3.8, 4) is 0 Å². The molecule has 0 radical (unpaired) electrons. The molecule has 0 heterocycles. The van der Waals surface area contributed by atoms with Gasteiger partial charge in [0.25, 0.3) is 0 Å². The van der Waals surface area contributed by atoms with Crippen LogP contribution >= 0.6 is 9.24 Å². The van der Waals surface area contributed by atoms with E-state index in [1.165, 1.54) is 24.8 Å². The first-order valence-electron chi connectivity index (χ1n) is 9.22. The molecular weight excluding hydrogens is 362 g/mol. The van der Waals surface area contributed by atoms with Gasteiger partial charge in [0.1, 0.15) is 5.82 Å². The molecule has 4 unspecified atom stereocenters. The SMILES string of the molecule is COC(=O)N(c1cc(F)cc(P)c1)C1CCC2(c3cccc(N)c3)CC2C1. The number of nitrogen functional groups attached to an aromatic ring is 1. The van der Waals surface area contributed by atoms with Crippen LogP contribution in [0.1, 0.15) is 31.2 Å². The van der Waals surface area contributed by atoms with Crippen molar-refractivity contribution in [2.45, 2.75) is 37.1 Å². The first kappa shape index (κ1) is 18.2. The molecule has 2 aromatic carbocycles. The lowest BCUT2D eigenvalue weighted by molar-refractivity contribution is 0.173. The Morgan fingerprint density at radius 2 is 2.15 bits per heavy atom. The third-order valence-corrected chi connectivity index (χ3v) is 6.43. The number of hydrogen-bond acceptors (Lipinski definition) is 3. The second-order valence-corrected chi connectivity index (χ2v) is 8.36. The predicted octanol–water partition coefficient (Wildman–Crippen LogP) is 3.99. The Bertz CT molecular complexity index is 870. The van der Waals surface area contributed by atoms with Gasteiger partial charge in [-0.05, 0) is 78.2 Å². The van der Waals surface area contributed by atoms with E-state index >= 15 is 0 Å². The molecule has 0 spiro atoms. The molecule has 2 N–H and O–H groups in total. The highest BCUT2D eigenvalue weighted by Gasteiger charge is 2.58. The van der Waals surface area contributed by atoms with Crippen molar-refractivity contribution in [3.63, 3.8) is 0 Å². The molecule has 0 aliphatic heterocycles. The summed E-state index contributed by atoms with van der Waals surface area (Å²) in [6.45, 7) is 0. The van der Waals surface area contributed by atoms with Crippen LogP contribution in [0, 0.1) is 11.7 Å². The van der Waals surface area contributed by atoms with Crippen molar-refractivity contribution in [2.75, 3.05) is 17.7 Å². The van der Waals surface area contributed by atoms with E-state index in [-0.39, 0.29) is 17.3 Å². The highest BCUT2D eigenvalue weighted by Crippen LogP contribution is 2.63. The van der Waals surface area contributed by atoms with Crippen LogP contribution in [0.4, 0.5) is 20.6 Å². The van der Waals surface area contributed by atoms with E-state index in [0.717, 1.165) is 31.4 Å². The third kappa shape index (κ3) is 3.29. The molecule has 27 heavy (non-hydrogen) atoms. The number of anilines is 2. The van der Waals surface area contributed by atoms with E-state index in [0.29, 0.717) is 16.9 Å². The maximum absolute atomic E-state index is 13.9. The Labute approximate surface area is 161 Å². The number of carbonyl (C=O) groups is 1. The monoisotopic (exact) mass is 386 g/mol. The number of nitrogens with two attached hydrogens (primary N) is 1. The Hall–Kier alpha value is -2.13. The maximum atomic E-state index is 13.9. The summed E-state index contributed by atoms with van der Waals surface area (Å²) in [5, 5.41) is 0.704. The lowest BCUT2D eigenvalue weighted by Crippen LogP contribution is -2.43. The molecule has 0 bridgehead atoms. The number of methoxy groups -OCH3 is 1. The van der Waals surface area contributed by atoms with Crippen LogP contribution in [-0.2, 0) is 10.2 Å². The average molecular weight is 386 g/mol. The fourth-order valence-corrected chi connectivity index (χ4v) is 5.08. The number of fused-ring (bicyclic) bond motifs is 1. The number of carbonyl (C=O) groups excluding carboxylic acids is 1. The lowest BCUT2D eigenvalue weighted by atomic mass is 9.80. The Morgan fingerprint density at radius 3 is 2.81 bits per heavy atom. The molecule has 4 rings (SSSR count). The van der Waals surface area contributed by atoms with Gasteiger partial charge in [0, 0.05) is 11.7 Å². The molecule has 0 aromatic heterocycles. The Balaban J connectivity index is 1.59. The van der Waals surface area contributed by atoms with Gasteiger partial charge in [0.05, 0.1) is 12.8 Å². The average Bonchev–Trinajstić information content (AvgIpc) is 3.36. The Morgan fingerprint density at radius 1 is 1.33 bits per heavy atom. The largest absolute Gasteiger partial charge is 0.452 e. The van der Waals surface area contributed by atoms with Crippen LogP contribution in [0.15, 0.2) is 42.5 Å². The van der Waals surface area contributed by atoms with Crippen molar-refractivity contribution in [2.24, 2.45) is 5.92 Å². The van der Waals surface area contributed by atoms with Crippen LogP contribution in [0.25, 0.3) is 0 Å². The molecular formula is C21H24FN2O2P. The first-order chi connectivity index (χ1) is 12.9. The van der Waals surface area contributed by atoms with E-state index < -0.39 is 6.09 Å². The molecule has 2 fully saturated rings. The summed E-state index contributed by atoms with van der Waals surface area (Å²) in [4.78, 5) is 14.1. The molecule has 6 heteroatoms. The highest BCUT2D eigenvalue weighted by molar-refractivity contribution is 7.27. The lowest BCUT2D eigenvalue weighted by Gasteiger charge is -2.36. The first-order valence-corrected chi connectivity index (χ1v) is 9.80. The number of rotatable bonds is 3. The number of amides is 1. The quantitative estimate of drug-likeness (QED) is 0.641. The fourth-order valence-electron chi connectivity index (χ4n) is 4.75. The van der Waals surface area contributed by atoms with Crippen molar-refractivity contribution >= 4 is 32.0 Å². The summed E-state index contributed by atoms with van der Waals surface area (Å²) >= 11 is 0. The van der Waals surface area contributed by atoms with Gasteiger partial charge < -0.3 is 10.5 Å². The fraction of sp³-hybridized carbons (Fsp3) is 0.381. The number of hydrogen-bond donors (Lipinski definition) is 1. The van der Waals surface area contributed by atoms with Crippen molar-refractivity contribution in [1.82, 2.24) is 0 Å². The van der Waals surface area contributed by atoms with Crippen molar-refractivity contribution in [1.29, 1.82) is 0 Å². The molecule has 1 amide bonds. The van der Waals surface area contributed by atoms with E-state index in [4.69, 9.17) is 10.5 Å². The predicted molar refractivity (Wildman–Crippen MR) is 109 cm³/mol. The van der Waals surface area contributed by atoms with Gasteiger partial charge >= 0.3 is 6.09 Å². The molecule has 2 aromatic rings. The van der Waals surface area contributed by atoms with Crippen LogP contribution in [0.5, 0.6) is 0 Å². The summed E-state index contributed by atoms with van der Waals surface area (Å²) in [5.41, 5.74) is 8.80. The summed E-state index contributed by atoms with van der Waals surface area (Å²) in [7, 11) is 3.86. The minimum Gasteiger partial charge on any atom is -0.452 e. The zero-order valence-electron chi connectivity index (χ0n) is 15.3. The Kier molecular flexibility index (Phi) is 4.59. The maximum Gasteiger partial charge on any atom is 0.414 e. The standard InChI is InChI=1S/C21H24FN2O2P/c1-26-20(25)24(18-9-15(22)10-19(27)11-18)17-5-6-21(12-14(21)8-17)13-3-2-4-16(23)7-13/h2-4,7,9-11,14,17H,5-6,8,12,23,27H2,1H3. The van der Waals surface area contributed by atoms with E-state index in [2.05, 4.69) is 21.4 Å². The van der Waals surface area contributed by atoms with Crippen molar-refractivity contribution in [3.05, 3.63) is 53.8 Å². The van der Waals surface area contributed by atoms with Crippen LogP contribution in [0.2, 0.25) is 0 Å². The molecule has 2 saturated carbocycles. The molecule has 2 aliphatic carbocycles. The van der Waals surface area contributed by atoms with Gasteiger partial charge in [0.2, 0.25) is 0 Å². The van der Waals surface area contributed by atoms with Gasteiger partial charge in [-0.25, -0.2) is 9.18 Å². The molecule has 4 atom stereocenters. The van der Waals surface area contributed by atoms with E-state index in [1.54, 1.807) is 11.0 Å². The smallest absolute Gasteiger partial charge is 0.414 e. The van der Waals surface area contributed by atoms with Crippen LogP contribution in [-0.4, -0.2) is 19.2 Å². The van der Waals surface area contributed by atoms with Gasteiger partial charge in [-0.1, -0.05) is 12.1 Å². The zero-order valence-corrected chi connectivity index (χ0v) is 16.5. The summed E-state index contributed by atoms with van der Waals surface area (Å²) < 4.78 is 18.9. The minimum absolute atomic E-state index is 0.00494. The van der Waals surface area contributed by atoms with Crippen molar-refractivity contribution < 1.29 is 13.9 Å². The van der Waals surface area contributed by atoms with Gasteiger partial charge in [0.15, 0.2) is 0 Å². The number of ether oxygens (including phenoxy) is 1. The summed E-state index contributed by atoms with van der Waals surface area (Å²) in [5.74, 6) is 0.150. The van der Waals surface area contributed by atoms with Gasteiger partial charge in [-0.15, -0.1) is 9.24 Å². The number of benzene rings is 2. The van der Waals surface area contributed by atoms with Crippen LogP contribution in [0.3, 0.4) is 0 Å². The number of nitrogens with zero attached hydrogens (tertiary/aromatic N) is 1. The minimum atomic E-state index is -0.438. The second kappa shape index (κ2) is 6.79. The molecule has 142 valence electrons. The normalized spacial score (nSPS) is 26.2.